The Morgan fingerprint density at radius 2 is 1.60 bits per heavy atom. The molecule has 4 rings (SSSR count). The van der Waals surface area contributed by atoms with Crippen molar-refractivity contribution in [2.24, 2.45) is 5.73 Å². The molecule has 2 aromatic rings. The lowest BCUT2D eigenvalue weighted by Crippen LogP contribution is -2.44. The number of likely N-dealkylation sites (tertiary alicyclic amines) is 1. The molecule has 2 aromatic carbocycles. The fourth-order valence-corrected chi connectivity index (χ4v) is 4.80. The summed E-state index contributed by atoms with van der Waals surface area (Å²) in [6.07, 6.45) is -2.00. The van der Waals surface area contributed by atoms with Crippen LogP contribution in [0.2, 0.25) is 0 Å². The van der Waals surface area contributed by atoms with E-state index in [9.17, 15) is 22.8 Å². The third kappa shape index (κ3) is 10.9. The Labute approximate surface area is 259 Å². The van der Waals surface area contributed by atoms with E-state index in [-0.39, 0.29) is 36.7 Å². The predicted molar refractivity (Wildman–Crippen MR) is 160 cm³/mol. The van der Waals surface area contributed by atoms with Gasteiger partial charge in [-0.3, -0.25) is 5.41 Å². The van der Waals surface area contributed by atoms with Crippen LogP contribution in [-0.4, -0.2) is 84.0 Å². The average molecular weight is 637 g/mol. The van der Waals surface area contributed by atoms with Crippen molar-refractivity contribution in [1.82, 2.24) is 4.90 Å². The number of amidine groups is 1. The second kappa shape index (κ2) is 15.0. The molecule has 0 bridgehead atoms. The summed E-state index contributed by atoms with van der Waals surface area (Å²) in [5.41, 5.74) is 7.27. The first-order valence-corrected chi connectivity index (χ1v) is 14.5. The van der Waals surface area contributed by atoms with Crippen LogP contribution in [0.3, 0.4) is 0 Å². The summed E-state index contributed by atoms with van der Waals surface area (Å²) in [6.45, 7) is 7.91. The van der Waals surface area contributed by atoms with Gasteiger partial charge in [-0.2, -0.15) is 13.2 Å². The third-order valence-corrected chi connectivity index (χ3v) is 7.00. The van der Waals surface area contributed by atoms with Crippen LogP contribution >= 0.6 is 0 Å². The number of nitrogen functional groups attached to an aromatic ring is 1. The van der Waals surface area contributed by atoms with Crippen LogP contribution in [0.5, 0.6) is 5.75 Å². The van der Waals surface area contributed by atoms with Gasteiger partial charge in [-0.1, -0.05) is 12.1 Å². The number of benzene rings is 2. The summed E-state index contributed by atoms with van der Waals surface area (Å²) in [6, 6.07) is 14.7. The second-order valence-corrected chi connectivity index (χ2v) is 11.7. The molecule has 246 valence electrons. The van der Waals surface area contributed by atoms with E-state index in [0.717, 1.165) is 37.9 Å². The lowest BCUT2D eigenvalue weighted by atomic mass is 10.1. The van der Waals surface area contributed by atoms with Crippen molar-refractivity contribution >= 4 is 29.6 Å². The molecule has 0 spiro atoms. The zero-order valence-corrected chi connectivity index (χ0v) is 25.4. The first kappa shape index (κ1) is 35.0. The first-order valence-electron chi connectivity index (χ1n) is 14.5. The van der Waals surface area contributed by atoms with Gasteiger partial charge >= 0.3 is 24.2 Å². The Kier molecular flexibility index (Phi) is 11.7. The summed E-state index contributed by atoms with van der Waals surface area (Å²) in [4.78, 5) is 37.8. The standard InChI is InChI=1S/C29H38N4O5.C2HF3O2/c1-29(2,3)38-28(35)32-16-13-25(14-17-32)37-24-11-9-20(10-12-24)27(34)36-19-23-8-5-15-33(23)22-7-4-6-21(18-22)26(30)31;3-2(4,5)1(6)7/h4,6-7,9-12,18,23,25H,5,8,13-17,19H2,1-3H3,(H3,30,31);(H,6,7)/t23-;/m0./s1. The molecule has 1 amide bonds. The number of esters is 1. The van der Waals surface area contributed by atoms with Crippen molar-refractivity contribution in [1.29, 1.82) is 5.41 Å². The fourth-order valence-electron chi connectivity index (χ4n) is 4.80. The number of nitrogens with two attached hydrogens (primary N) is 1. The molecule has 2 aliphatic heterocycles. The van der Waals surface area contributed by atoms with Gasteiger partial charge in [-0.05, 0) is 70.0 Å². The summed E-state index contributed by atoms with van der Waals surface area (Å²) >= 11 is 0. The molecule has 14 heteroatoms. The molecule has 2 saturated heterocycles. The normalized spacial score (nSPS) is 17.2. The molecular weight excluding hydrogens is 597 g/mol. The van der Waals surface area contributed by atoms with Crippen molar-refractivity contribution in [3.63, 3.8) is 0 Å². The van der Waals surface area contributed by atoms with Crippen molar-refractivity contribution in [2.75, 3.05) is 31.1 Å². The van der Waals surface area contributed by atoms with Crippen molar-refractivity contribution < 1.29 is 46.9 Å². The zero-order valence-electron chi connectivity index (χ0n) is 25.4. The number of hydrogen-bond acceptors (Lipinski definition) is 8. The number of alkyl halides is 3. The summed E-state index contributed by atoms with van der Waals surface area (Å²) in [5.74, 6) is -2.41. The van der Waals surface area contributed by atoms with E-state index in [1.807, 2.05) is 45.0 Å². The first-order chi connectivity index (χ1) is 21.0. The SMILES string of the molecule is CC(C)(C)OC(=O)N1CCC(Oc2ccc(C(=O)OC[C@@H]3CCCN3c3cccc(C(=N)N)c3)cc2)CC1.O=C(O)C(F)(F)F. The van der Waals surface area contributed by atoms with E-state index in [1.54, 1.807) is 29.2 Å². The number of carboxylic acid groups (broad SMARTS) is 1. The van der Waals surface area contributed by atoms with Gasteiger partial charge in [0.1, 0.15) is 29.9 Å². The van der Waals surface area contributed by atoms with Crippen LogP contribution in [0.4, 0.5) is 23.7 Å². The minimum absolute atomic E-state index is 0.00124. The number of hydrogen-bond donors (Lipinski definition) is 3. The van der Waals surface area contributed by atoms with Crippen LogP contribution in [0.25, 0.3) is 0 Å². The molecule has 0 saturated carbocycles. The fraction of sp³-hybridized carbons (Fsp3) is 0.484. The lowest BCUT2D eigenvalue weighted by Gasteiger charge is -2.33. The Bertz CT molecular complexity index is 1340. The maximum absolute atomic E-state index is 12.7. The van der Waals surface area contributed by atoms with E-state index in [2.05, 4.69) is 4.90 Å². The molecule has 0 aromatic heterocycles. The molecule has 0 unspecified atom stereocenters. The van der Waals surface area contributed by atoms with E-state index >= 15 is 0 Å². The predicted octanol–water partition coefficient (Wildman–Crippen LogP) is 5.21. The zero-order chi connectivity index (χ0) is 33.4. The van der Waals surface area contributed by atoms with Gasteiger partial charge < -0.3 is 34.9 Å². The Morgan fingerprint density at radius 3 is 2.16 bits per heavy atom. The van der Waals surface area contributed by atoms with Gasteiger partial charge in [-0.15, -0.1) is 0 Å². The van der Waals surface area contributed by atoms with Gasteiger partial charge in [0, 0.05) is 43.7 Å². The molecule has 0 aliphatic carbocycles. The van der Waals surface area contributed by atoms with E-state index in [4.69, 9.17) is 35.3 Å². The van der Waals surface area contributed by atoms with Crippen LogP contribution in [0.15, 0.2) is 48.5 Å². The molecule has 0 radical (unpaired) electrons. The number of aliphatic carboxylic acids is 1. The highest BCUT2D eigenvalue weighted by Gasteiger charge is 2.38. The smallest absolute Gasteiger partial charge is 0.490 e. The van der Waals surface area contributed by atoms with Gasteiger partial charge in [-0.25, -0.2) is 14.4 Å². The monoisotopic (exact) mass is 636 g/mol. The van der Waals surface area contributed by atoms with Crippen LogP contribution < -0.4 is 15.4 Å². The van der Waals surface area contributed by atoms with Crippen LogP contribution in [0, 0.1) is 5.41 Å². The molecule has 2 aliphatic rings. The number of anilines is 1. The highest BCUT2D eigenvalue weighted by molar-refractivity contribution is 5.95. The second-order valence-electron chi connectivity index (χ2n) is 11.7. The minimum Gasteiger partial charge on any atom is -0.490 e. The highest BCUT2D eigenvalue weighted by atomic mass is 19.4. The average Bonchev–Trinajstić information content (AvgIpc) is 3.44. The van der Waals surface area contributed by atoms with E-state index in [0.29, 0.717) is 30.0 Å². The van der Waals surface area contributed by atoms with Crippen molar-refractivity contribution in [2.45, 2.75) is 70.4 Å². The maximum Gasteiger partial charge on any atom is 0.490 e. The Hall–Kier alpha value is -4.49. The van der Waals surface area contributed by atoms with E-state index in [1.165, 1.54) is 0 Å². The number of carboxylic acids is 1. The molecule has 1 atom stereocenters. The lowest BCUT2D eigenvalue weighted by molar-refractivity contribution is -0.192. The van der Waals surface area contributed by atoms with Gasteiger partial charge in [0.15, 0.2) is 0 Å². The number of nitrogens with one attached hydrogen (secondary N) is 1. The number of amides is 1. The van der Waals surface area contributed by atoms with Crippen LogP contribution in [0.1, 0.15) is 62.4 Å². The Morgan fingerprint density at radius 1 is 0.978 bits per heavy atom. The van der Waals surface area contributed by atoms with Gasteiger partial charge in [0.25, 0.3) is 0 Å². The molecule has 4 N–H and O–H groups in total. The number of ether oxygens (including phenoxy) is 3. The number of piperidine rings is 1. The van der Waals surface area contributed by atoms with Gasteiger partial charge in [0.2, 0.25) is 0 Å². The van der Waals surface area contributed by atoms with E-state index < -0.39 is 17.7 Å². The quantitative estimate of drug-likeness (QED) is 0.211. The summed E-state index contributed by atoms with van der Waals surface area (Å²) in [5, 5.41) is 14.8. The van der Waals surface area contributed by atoms with Gasteiger partial charge in [0.05, 0.1) is 11.6 Å². The van der Waals surface area contributed by atoms with Crippen LogP contribution in [-0.2, 0) is 14.3 Å². The largest absolute Gasteiger partial charge is 0.490 e. The third-order valence-electron chi connectivity index (χ3n) is 7.00. The number of rotatable bonds is 7. The highest BCUT2D eigenvalue weighted by Crippen LogP contribution is 2.27. The molecule has 2 heterocycles. The Balaban J connectivity index is 0.000000707. The summed E-state index contributed by atoms with van der Waals surface area (Å²) < 4.78 is 48.9. The topological polar surface area (TPSA) is 155 Å². The molecule has 2 fully saturated rings. The summed E-state index contributed by atoms with van der Waals surface area (Å²) in [7, 11) is 0. The van der Waals surface area contributed by atoms with Crippen molar-refractivity contribution in [3.8, 4) is 5.75 Å². The number of carbonyl (C=O) groups excluding carboxylic acids is 2. The maximum atomic E-state index is 12.7. The minimum atomic E-state index is -5.08. The molecule has 11 nitrogen and oxygen atoms in total. The molecular formula is C31H39F3N4O7. The number of nitrogens with zero attached hydrogens (tertiary/aromatic N) is 2. The van der Waals surface area contributed by atoms with Crippen molar-refractivity contribution in [3.05, 3.63) is 59.7 Å². The number of carbonyl (C=O) groups is 3. The number of halogens is 3. The molecule has 45 heavy (non-hydrogen) atoms.